The lowest BCUT2D eigenvalue weighted by molar-refractivity contribution is -0.164. The van der Waals surface area contributed by atoms with Crippen LogP contribution in [0.25, 0.3) is 0 Å². The highest BCUT2D eigenvalue weighted by Crippen LogP contribution is 2.17. The molecule has 0 aliphatic heterocycles. The van der Waals surface area contributed by atoms with Crippen molar-refractivity contribution in [3.05, 3.63) is 35.9 Å². The van der Waals surface area contributed by atoms with Gasteiger partial charge in [-0.05, 0) is 11.5 Å². The van der Waals surface area contributed by atoms with Gasteiger partial charge in [-0.25, -0.2) is 9.59 Å². The van der Waals surface area contributed by atoms with E-state index in [2.05, 4.69) is 0 Å². The average Bonchev–Trinajstić information content (AvgIpc) is 2.35. The van der Waals surface area contributed by atoms with Crippen LogP contribution in [0.2, 0.25) is 0 Å². The summed E-state index contributed by atoms with van der Waals surface area (Å²) in [7, 11) is 0. The maximum Gasteiger partial charge on any atom is 0.338 e. The van der Waals surface area contributed by atoms with E-state index in [-0.39, 0.29) is 6.61 Å². The van der Waals surface area contributed by atoms with Gasteiger partial charge in [0, 0.05) is 0 Å². The summed E-state index contributed by atoms with van der Waals surface area (Å²) in [6.07, 6.45) is 0. The molecule has 3 N–H and O–H groups in total. The molecule has 0 spiro atoms. The van der Waals surface area contributed by atoms with Gasteiger partial charge in [0.25, 0.3) is 0 Å². The van der Waals surface area contributed by atoms with Gasteiger partial charge in [0.2, 0.25) is 5.54 Å². The largest absolute Gasteiger partial charge is 0.479 e. The number of ether oxygens (including phenoxy) is 1. The van der Waals surface area contributed by atoms with Crippen molar-refractivity contribution in [3.63, 3.8) is 0 Å². The fourth-order valence-electron chi connectivity index (χ4n) is 1.41. The van der Waals surface area contributed by atoms with Crippen LogP contribution < -0.4 is 5.73 Å². The van der Waals surface area contributed by atoms with Gasteiger partial charge >= 0.3 is 11.9 Å². The molecular weight excluding hydrogens is 234 g/mol. The van der Waals surface area contributed by atoms with Gasteiger partial charge in [0.05, 0.1) is 0 Å². The van der Waals surface area contributed by atoms with E-state index in [0.29, 0.717) is 0 Å². The Bertz CT molecular complexity index is 430. The zero-order valence-electron chi connectivity index (χ0n) is 10.4. The van der Waals surface area contributed by atoms with Crippen molar-refractivity contribution in [3.8, 4) is 0 Å². The maximum absolute atomic E-state index is 11.8. The number of aliphatic carboxylic acids is 1. The van der Waals surface area contributed by atoms with Crippen LogP contribution in [0.1, 0.15) is 19.4 Å². The molecule has 0 amide bonds. The highest BCUT2D eigenvalue weighted by atomic mass is 16.5. The highest BCUT2D eigenvalue weighted by Gasteiger charge is 2.47. The Morgan fingerprint density at radius 1 is 1.33 bits per heavy atom. The Morgan fingerprint density at radius 2 is 1.89 bits per heavy atom. The van der Waals surface area contributed by atoms with Crippen molar-refractivity contribution in [1.82, 2.24) is 0 Å². The number of hydrogen-bond acceptors (Lipinski definition) is 4. The summed E-state index contributed by atoms with van der Waals surface area (Å²) < 4.78 is 4.97. The third-order valence-electron chi connectivity index (χ3n) is 2.82. The topological polar surface area (TPSA) is 89.6 Å². The summed E-state index contributed by atoms with van der Waals surface area (Å²) in [6, 6.07) is 9.00. The molecule has 0 aliphatic carbocycles. The normalized spacial score (nSPS) is 14.0. The van der Waals surface area contributed by atoms with Crippen molar-refractivity contribution in [2.75, 3.05) is 0 Å². The predicted molar refractivity (Wildman–Crippen MR) is 65.6 cm³/mol. The fraction of sp³-hybridized carbons (Fsp3) is 0.385. The minimum absolute atomic E-state index is 0.0125. The van der Waals surface area contributed by atoms with Crippen LogP contribution in [0.4, 0.5) is 0 Å². The van der Waals surface area contributed by atoms with Crippen LogP contribution in [0, 0.1) is 5.92 Å². The summed E-state index contributed by atoms with van der Waals surface area (Å²) in [5.74, 6) is -2.86. The van der Waals surface area contributed by atoms with Crippen molar-refractivity contribution in [2.45, 2.75) is 26.0 Å². The van der Waals surface area contributed by atoms with Crippen LogP contribution in [0.5, 0.6) is 0 Å². The highest BCUT2D eigenvalue weighted by molar-refractivity contribution is 6.04. The number of carboxylic acid groups (broad SMARTS) is 1. The molecule has 0 aliphatic rings. The molecule has 1 aromatic carbocycles. The molecular formula is C13H17NO4. The number of hydrogen-bond donors (Lipinski definition) is 2. The smallest absolute Gasteiger partial charge is 0.338 e. The summed E-state index contributed by atoms with van der Waals surface area (Å²) in [5.41, 5.74) is 4.39. The van der Waals surface area contributed by atoms with Crippen molar-refractivity contribution in [2.24, 2.45) is 11.7 Å². The van der Waals surface area contributed by atoms with E-state index in [9.17, 15) is 9.59 Å². The number of nitrogens with two attached hydrogens (primary N) is 1. The number of carbonyl (C=O) groups is 2. The van der Waals surface area contributed by atoms with Crippen LogP contribution in [0.3, 0.4) is 0 Å². The number of esters is 1. The zero-order valence-corrected chi connectivity index (χ0v) is 10.4. The summed E-state index contributed by atoms with van der Waals surface area (Å²) in [6.45, 7) is 3.15. The second-order valence-electron chi connectivity index (χ2n) is 4.39. The maximum atomic E-state index is 11.8. The molecule has 1 aromatic rings. The predicted octanol–water partition coefficient (Wildman–Crippen LogP) is 1.17. The molecule has 1 atom stereocenters. The minimum atomic E-state index is -2.01. The lowest BCUT2D eigenvalue weighted by Crippen LogP contribution is -2.59. The first kappa shape index (κ1) is 14.2. The van der Waals surface area contributed by atoms with E-state index in [0.717, 1.165) is 5.56 Å². The van der Waals surface area contributed by atoms with E-state index >= 15 is 0 Å². The molecule has 0 unspecified atom stereocenters. The number of carbonyl (C=O) groups excluding carboxylic acids is 1. The Hall–Kier alpha value is -1.88. The third-order valence-corrected chi connectivity index (χ3v) is 2.82. The number of carboxylic acids is 1. The molecule has 1 rings (SSSR count). The standard InChI is InChI=1S/C13H17NO4/c1-9(2)13(14,11(15)16)12(17)18-8-10-6-4-3-5-7-10/h3-7,9H,8,14H2,1-2H3,(H,15,16)/t13-/m0/s1. The quantitative estimate of drug-likeness (QED) is 0.605. The second kappa shape index (κ2) is 5.64. The molecule has 0 fully saturated rings. The molecule has 18 heavy (non-hydrogen) atoms. The monoisotopic (exact) mass is 251 g/mol. The lowest BCUT2D eigenvalue weighted by atomic mass is 9.87. The first-order valence-corrected chi connectivity index (χ1v) is 5.62. The van der Waals surface area contributed by atoms with Crippen molar-refractivity contribution < 1.29 is 19.4 Å². The van der Waals surface area contributed by atoms with Crippen molar-refractivity contribution >= 4 is 11.9 Å². The van der Waals surface area contributed by atoms with Crippen molar-refractivity contribution in [1.29, 1.82) is 0 Å². The molecule has 0 heterocycles. The zero-order chi connectivity index (χ0) is 13.8. The van der Waals surface area contributed by atoms with Crippen LogP contribution in [0.15, 0.2) is 30.3 Å². The number of rotatable bonds is 5. The molecule has 0 saturated carbocycles. The summed E-state index contributed by atoms with van der Waals surface area (Å²) in [5, 5.41) is 9.04. The molecule has 5 heteroatoms. The van der Waals surface area contributed by atoms with Crippen LogP contribution >= 0.6 is 0 Å². The number of benzene rings is 1. The summed E-state index contributed by atoms with van der Waals surface area (Å²) in [4.78, 5) is 22.9. The van der Waals surface area contributed by atoms with Gasteiger partial charge < -0.3 is 15.6 Å². The van der Waals surface area contributed by atoms with E-state index in [1.165, 1.54) is 0 Å². The molecule has 0 radical (unpaired) electrons. The molecule has 0 bridgehead atoms. The Kier molecular flexibility index (Phi) is 4.44. The van der Waals surface area contributed by atoms with E-state index in [4.69, 9.17) is 15.6 Å². The van der Waals surface area contributed by atoms with Gasteiger partial charge in [-0.1, -0.05) is 44.2 Å². The van der Waals surface area contributed by atoms with Gasteiger partial charge in [0.1, 0.15) is 6.61 Å². The van der Waals surface area contributed by atoms with Crippen LogP contribution in [-0.2, 0) is 20.9 Å². The third kappa shape index (κ3) is 2.87. The Morgan fingerprint density at radius 3 is 2.33 bits per heavy atom. The first-order chi connectivity index (χ1) is 8.39. The van der Waals surface area contributed by atoms with Gasteiger partial charge in [-0.15, -0.1) is 0 Å². The Balaban J connectivity index is 2.73. The average molecular weight is 251 g/mol. The van der Waals surface area contributed by atoms with E-state index < -0.39 is 23.4 Å². The second-order valence-corrected chi connectivity index (χ2v) is 4.39. The van der Waals surface area contributed by atoms with Gasteiger partial charge in [-0.3, -0.25) is 0 Å². The van der Waals surface area contributed by atoms with E-state index in [1.807, 2.05) is 6.07 Å². The van der Waals surface area contributed by atoms with Gasteiger partial charge in [0.15, 0.2) is 0 Å². The molecule has 0 aromatic heterocycles. The van der Waals surface area contributed by atoms with Gasteiger partial charge in [-0.2, -0.15) is 0 Å². The molecule has 0 saturated heterocycles. The summed E-state index contributed by atoms with van der Waals surface area (Å²) >= 11 is 0. The van der Waals surface area contributed by atoms with Crippen LogP contribution in [-0.4, -0.2) is 22.6 Å². The lowest BCUT2D eigenvalue weighted by Gasteiger charge is -2.26. The fourth-order valence-corrected chi connectivity index (χ4v) is 1.41. The SMILES string of the molecule is CC(C)[C@](N)(C(=O)O)C(=O)OCc1ccccc1. The Labute approximate surface area is 106 Å². The minimum Gasteiger partial charge on any atom is -0.479 e. The molecule has 98 valence electrons. The van der Waals surface area contributed by atoms with E-state index in [1.54, 1.807) is 38.1 Å². The first-order valence-electron chi connectivity index (χ1n) is 5.62. The molecule has 5 nitrogen and oxygen atoms in total.